The summed E-state index contributed by atoms with van der Waals surface area (Å²) in [6.45, 7) is 2.06. The molecule has 192 valence electrons. The third-order valence-electron chi connectivity index (χ3n) is 8.12. The molecule has 2 aromatic heterocycles. The van der Waals surface area contributed by atoms with Gasteiger partial charge in [0.05, 0.1) is 11.0 Å². The predicted octanol–water partition coefficient (Wildman–Crippen LogP) is 6.73. The lowest BCUT2D eigenvalue weighted by molar-refractivity contribution is 0.417. The minimum atomic E-state index is -1.58. The Hall–Kier alpha value is -4.78. The summed E-state index contributed by atoms with van der Waals surface area (Å²) in [5.41, 5.74) is 8.37. The maximum absolute atomic E-state index is 9.82. The molecule has 0 atom stereocenters. The van der Waals surface area contributed by atoms with Crippen molar-refractivity contribution in [2.45, 2.75) is 13.3 Å². The van der Waals surface area contributed by atoms with Crippen molar-refractivity contribution in [3.63, 3.8) is 0 Å². The van der Waals surface area contributed by atoms with E-state index in [2.05, 4.69) is 72.2 Å². The molecule has 0 saturated carbocycles. The Morgan fingerprint density at radius 2 is 1.57 bits per heavy atom. The van der Waals surface area contributed by atoms with Gasteiger partial charge in [0.2, 0.25) is 0 Å². The van der Waals surface area contributed by atoms with Crippen LogP contribution in [-0.2, 0) is 6.42 Å². The largest absolute Gasteiger partial charge is 0.492 e. The second-order valence-corrected chi connectivity index (χ2v) is 10.4. The number of aromatic nitrogens is 1. The molecule has 6 heteroatoms. The summed E-state index contributed by atoms with van der Waals surface area (Å²) in [6.07, 6.45) is 0.602. The maximum Gasteiger partial charge on any atom is 0.492 e. The summed E-state index contributed by atoms with van der Waals surface area (Å²) in [5, 5.41) is 24.1. The Morgan fingerprint density at radius 1 is 0.775 bits per heavy atom. The molecule has 2 N–H and O–H groups in total. The van der Waals surface area contributed by atoms with E-state index in [0.29, 0.717) is 17.6 Å². The number of furan rings is 1. The van der Waals surface area contributed by atoms with Gasteiger partial charge < -0.3 is 23.8 Å². The smallest absolute Gasteiger partial charge is 0.461 e. The fraction of sp³-hybridized carbons (Fsp3) is 0.0588. The molecule has 5 nitrogen and oxygen atoms in total. The van der Waals surface area contributed by atoms with Crippen molar-refractivity contribution in [1.82, 2.24) is 4.57 Å². The number of para-hydroxylation sites is 3. The second kappa shape index (κ2) is 8.61. The number of nitrogens with zero attached hydrogens (tertiary/aromatic N) is 1. The summed E-state index contributed by atoms with van der Waals surface area (Å²) < 4.78 is 15.0. The van der Waals surface area contributed by atoms with E-state index in [1.54, 1.807) is 6.07 Å². The minimum absolute atomic E-state index is 0.386. The summed E-state index contributed by atoms with van der Waals surface area (Å²) in [5.74, 6) is 1.36. The van der Waals surface area contributed by atoms with Crippen LogP contribution >= 0.6 is 0 Å². The van der Waals surface area contributed by atoms with Gasteiger partial charge >= 0.3 is 7.12 Å². The third-order valence-corrected chi connectivity index (χ3v) is 8.12. The highest BCUT2D eigenvalue weighted by Crippen LogP contribution is 2.41. The van der Waals surface area contributed by atoms with E-state index in [9.17, 15) is 10.0 Å². The monoisotopic (exact) mass is 521 g/mol. The van der Waals surface area contributed by atoms with Gasteiger partial charge in [-0.25, -0.2) is 0 Å². The number of benzene rings is 5. The summed E-state index contributed by atoms with van der Waals surface area (Å²) in [7, 11) is -1.58. The highest BCUT2D eigenvalue weighted by molar-refractivity contribution is 6.59. The van der Waals surface area contributed by atoms with Crippen molar-refractivity contribution in [3.05, 3.63) is 120 Å². The standard InChI is InChI=1S/C34H24BNO4/c1-20(31-19-22-8-7-12-28(35(37)38)33(22)40-31)21-14-17-29-27(18-21)25-15-16-26-24-11-5-6-13-30(24)39-34(26)32(25)36(29)23-9-3-2-4-10-23/h2-18,37-38H,19H2,1H3/b31-20-. The van der Waals surface area contributed by atoms with Gasteiger partial charge in [-0.15, -0.1) is 0 Å². The number of hydrogen-bond donors (Lipinski definition) is 2. The molecule has 1 aliphatic heterocycles. The minimum Gasteiger partial charge on any atom is -0.461 e. The van der Waals surface area contributed by atoms with E-state index in [1.807, 2.05) is 36.4 Å². The first-order chi connectivity index (χ1) is 19.6. The molecule has 0 aliphatic carbocycles. The van der Waals surface area contributed by atoms with Gasteiger partial charge in [0.25, 0.3) is 0 Å². The van der Waals surface area contributed by atoms with Gasteiger partial charge in [-0.3, -0.25) is 0 Å². The molecule has 1 aliphatic rings. The molecule has 3 heterocycles. The van der Waals surface area contributed by atoms with Crippen LogP contribution in [0.5, 0.6) is 5.75 Å². The molecule has 7 aromatic rings. The Labute approximate surface area is 230 Å². The lowest BCUT2D eigenvalue weighted by Crippen LogP contribution is -2.30. The van der Waals surface area contributed by atoms with Gasteiger partial charge in [-0.1, -0.05) is 66.7 Å². The van der Waals surface area contributed by atoms with Crippen LogP contribution in [0, 0.1) is 0 Å². The van der Waals surface area contributed by atoms with E-state index >= 15 is 0 Å². The fourth-order valence-electron chi connectivity index (χ4n) is 6.13. The summed E-state index contributed by atoms with van der Waals surface area (Å²) in [4.78, 5) is 0. The van der Waals surface area contributed by atoms with E-state index in [0.717, 1.165) is 71.9 Å². The van der Waals surface area contributed by atoms with Crippen molar-refractivity contribution in [2.24, 2.45) is 0 Å². The van der Waals surface area contributed by atoms with Gasteiger partial charge in [-0.2, -0.15) is 0 Å². The summed E-state index contributed by atoms with van der Waals surface area (Å²) >= 11 is 0. The van der Waals surface area contributed by atoms with Crippen LogP contribution in [0.15, 0.2) is 113 Å². The second-order valence-electron chi connectivity index (χ2n) is 10.4. The van der Waals surface area contributed by atoms with Crippen molar-refractivity contribution in [1.29, 1.82) is 0 Å². The number of ether oxygens (including phenoxy) is 1. The molecule has 0 unspecified atom stereocenters. The average molecular weight is 521 g/mol. The first-order valence-electron chi connectivity index (χ1n) is 13.4. The molecular formula is C34H24BNO4. The lowest BCUT2D eigenvalue weighted by Gasteiger charge is -2.10. The Balaban J connectivity index is 1.37. The Kier molecular flexibility index (Phi) is 4.98. The molecule has 8 rings (SSSR count). The first-order valence-corrected chi connectivity index (χ1v) is 13.4. The SMILES string of the molecule is C/C(=C1\Cc2cccc(B(O)O)c2O1)c1ccc2c(c1)c1ccc3c4ccccc4oc3c1n2-c1ccccc1. The highest BCUT2D eigenvalue weighted by Gasteiger charge is 2.27. The van der Waals surface area contributed by atoms with Crippen molar-refractivity contribution >= 4 is 61.9 Å². The predicted molar refractivity (Wildman–Crippen MR) is 161 cm³/mol. The average Bonchev–Trinajstić information content (AvgIpc) is 3.68. The van der Waals surface area contributed by atoms with Crippen LogP contribution < -0.4 is 10.2 Å². The van der Waals surface area contributed by atoms with E-state index in [-0.39, 0.29) is 0 Å². The van der Waals surface area contributed by atoms with Gasteiger partial charge in [0.15, 0.2) is 5.58 Å². The van der Waals surface area contributed by atoms with Crippen LogP contribution in [0.2, 0.25) is 0 Å². The molecule has 0 radical (unpaired) electrons. The maximum atomic E-state index is 9.82. The highest BCUT2D eigenvalue weighted by atomic mass is 16.5. The molecular weight excluding hydrogens is 497 g/mol. The van der Waals surface area contributed by atoms with E-state index in [1.165, 1.54) is 0 Å². The zero-order chi connectivity index (χ0) is 27.0. The van der Waals surface area contributed by atoms with Gasteiger partial charge in [-0.05, 0) is 54.5 Å². The molecule has 40 heavy (non-hydrogen) atoms. The topological polar surface area (TPSA) is 67.8 Å². The van der Waals surface area contributed by atoms with E-state index in [4.69, 9.17) is 9.15 Å². The van der Waals surface area contributed by atoms with E-state index < -0.39 is 7.12 Å². The van der Waals surface area contributed by atoms with Gasteiger partial charge in [0, 0.05) is 44.7 Å². The molecule has 0 amide bonds. The van der Waals surface area contributed by atoms with Crippen LogP contribution in [-0.4, -0.2) is 21.7 Å². The van der Waals surface area contributed by atoms with Crippen molar-refractivity contribution < 1.29 is 19.2 Å². The lowest BCUT2D eigenvalue weighted by atomic mass is 9.78. The van der Waals surface area contributed by atoms with Crippen LogP contribution in [0.4, 0.5) is 0 Å². The zero-order valence-electron chi connectivity index (χ0n) is 21.8. The number of allylic oxidation sites excluding steroid dienone is 2. The Bertz CT molecular complexity index is 2150. The van der Waals surface area contributed by atoms with Crippen LogP contribution in [0.3, 0.4) is 0 Å². The molecule has 0 spiro atoms. The molecule has 0 saturated heterocycles. The van der Waals surface area contributed by atoms with Crippen LogP contribution in [0.1, 0.15) is 18.1 Å². The third kappa shape index (κ3) is 3.30. The fourth-order valence-corrected chi connectivity index (χ4v) is 6.13. The van der Waals surface area contributed by atoms with Crippen LogP contribution in [0.25, 0.3) is 55.0 Å². The number of rotatable bonds is 3. The molecule has 5 aromatic carbocycles. The van der Waals surface area contributed by atoms with Crippen molar-refractivity contribution in [2.75, 3.05) is 0 Å². The van der Waals surface area contributed by atoms with Gasteiger partial charge in [0.1, 0.15) is 17.1 Å². The number of hydrogen-bond acceptors (Lipinski definition) is 4. The Morgan fingerprint density at radius 3 is 2.42 bits per heavy atom. The van der Waals surface area contributed by atoms with Crippen molar-refractivity contribution in [3.8, 4) is 11.4 Å². The molecule has 0 fully saturated rings. The zero-order valence-corrected chi connectivity index (χ0v) is 21.8. The summed E-state index contributed by atoms with van der Waals surface area (Å²) in [6, 6.07) is 34.9. The number of fused-ring (bicyclic) bond motifs is 8. The molecule has 0 bridgehead atoms. The normalized spacial score (nSPS) is 14.3. The quantitative estimate of drug-likeness (QED) is 0.253. The first kappa shape index (κ1) is 23.1.